The Kier molecular flexibility index (Phi) is 6.35. The van der Waals surface area contributed by atoms with E-state index in [0.717, 1.165) is 12.8 Å². The lowest BCUT2D eigenvalue weighted by Crippen LogP contribution is -2.50. The van der Waals surface area contributed by atoms with Gasteiger partial charge in [-0.15, -0.1) is 6.58 Å². The first-order chi connectivity index (χ1) is 9.10. The number of amides is 2. The van der Waals surface area contributed by atoms with E-state index in [1.807, 2.05) is 0 Å². The number of hydrogen-bond acceptors (Lipinski definition) is 3. The highest BCUT2D eigenvalue weighted by Crippen LogP contribution is 2.24. The minimum Gasteiger partial charge on any atom is -0.481 e. The van der Waals surface area contributed by atoms with Crippen molar-refractivity contribution >= 4 is 12.0 Å². The number of rotatable bonds is 6. The molecule has 6 heteroatoms. The zero-order valence-electron chi connectivity index (χ0n) is 11.0. The lowest BCUT2D eigenvalue weighted by atomic mass is 9.84. The fraction of sp³-hybridized carbons (Fsp3) is 0.692. The number of nitrogens with zero attached hydrogens (tertiary/aromatic N) is 1. The molecule has 0 spiro atoms. The third-order valence-electron chi connectivity index (χ3n) is 3.40. The largest absolute Gasteiger partial charge is 0.481 e. The van der Waals surface area contributed by atoms with Crippen LogP contribution in [-0.4, -0.2) is 52.9 Å². The van der Waals surface area contributed by atoms with Gasteiger partial charge in [0.2, 0.25) is 0 Å². The van der Waals surface area contributed by atoms with Crippen LogP contribution in [0, 0.1) is 5.92 Å². The molecule has 0 aromatic rings. The zero-order valence-corrected chi connectivity index (χ0v) is 11.0. The molecular formula is C13H22N2O4. The number of aliphatic carboxylic acids is 1. The van der Waals surface area contributed by atoms with E-state index in [0.29, 0.717) is 19.4 Å². The maximum absolute atomic E-state index is 12.0. The van der Waals surface area contributed by atoms with Gasteiger partial charge < -0.3 is 20.4 Å². The van der Waals surface area contributed by atoms with E-state index < -0.39 is 11.9 Å². The van der Waals surface area contributed by atoms with E-state index in [-0.39, 0.29) is 25.2 Å². The highest BCUT2D eigenvalue weighted by atomic mass is 16.4. The fourth-order valence-electron chi connectivity index (χ4n) is 2.40. The summed E-state index contributed by atoms with van der Waals surface area (Å²) in [6.45, 7) is 3.97. The molecule has 108 valence electrons. The Bertz CT molecular complexity index is 333. The van der Waals surface area contributed by atoms with Crippen molar-refractivity contribution in [1.82, 2.24) is 10.2 Å². The van der Waals surface area contributed by atoms with Crippen molar-refractivity contribution in [3.8, 4) is 0 Å². The van der Waals surface area contributed by atoms with Crippen molar-refractivity contribution in [2.75, 3.05) is 19.7 Å². The molecule has 0 radical (unpaired) electrons. The third kappa shape index (κ3) is 4.55. The van der Waals surface area contributed by atoms with Gasteiger partial charge in [0, 0.05) is 19.1 Å². The van der Waals surface area contributed by atoms with Crippen LogP contribution in [0.1, 0.15) is 25.7 Å². The van der Waals surface area contributed by atoms with Crippen molar-refractivity contribution in [3.05, 3.63) is 12.7 Å². The van der Waals surface area contributed by atoms with E-state index in [1.54, 1.807) is 6.08 Å². The standard InChI is InChI=1S/C13H22N2O4/c1-2-7-15(8-9-16)13(19)14-11-6-4-3-5-10(11)12(17)18/h2,10-11,16H,1,3-9H2,(H,14,19)(H,17,18). The summed E-state index contributed by atoms with van der Waals surface area (Å²) in [6.07, 6.45) is 4.67. The molecule has 0 saturated heterocycles. The molecule has 0 bridgehead atoms. The minimum atomic E-state index is -0.859. The molecule has 1 aliphatic carbocycles. The second kappa shape index (κ2) is 7.78. The number of aliphatic hydroxyl groups excluding tert-OH is 1. The molecule has 6 nitrogen and oxygen atoms in total. The zero-order chi connectivity index (χ0) is 14.3. The Morgan fingerprint density at radius 2 is 2.05 bits per heavy atom. The van der Waals surface area contributed by atoms with Crippen molar-refractivity contribution in [1.29, 1.82) is 0 Å². The normalized spacial score (nSPS) is 22.6. The number of carbonyl (C=O) groups is 2. The summed E-state index contributed by atoms with van der Waals surface area (Å²) < 4.78 is 0. The highest BCUT2D eigenvalue weighted by molar-refractivity contribution is 5.77. The van der Waals surface area contributed by atoms with E-state index in [2.05, 4.69) is 11.9 Å². The Hall–Kier alpha value is -1.56. The van der Waals surface area contributed by atoms with Gasteiger partial charge in [0.25, 0.3) is 0 Å². The Morgan fingerprint density at radius 1 is 1.37 bits per heavy atom. The van der Waals surface area contributed by atoms with E-state index >= 15 is 0 Å². The molecule has 0 heterocycles. The van der Waals surface area contributed by atoms with Crippen LogP contribution in [-0.2, 0) is 4.79 Å². The van der Waals surface area contributed by atoms with Gasteiger partial charge in [-0.3, -0.25) is 4.79 Å². The first kappa shape index (κ1) is 15.5. The van der Waals surface area contributed by atoms with Crippen LogP contribution >= 0.6 is 0 Å². The molecule has 1 fully saturated rings. The van der Waals surface area contributed by atoms with Gasteiger partial charge in [-0.25, -0.2) is 4.79 Å². The highest BCUT2D eigenvalue weighted by Gasteiger charge is 2.32. The van der Waals surface area contributed by atoms with E-state index in [9.17, 15) is 9.59 Å². The van der Waals surface area contributed by atoms with Gasteiger partial charge >= 0.3 is 12.0 Å². The molecule has 1 aliphatic rings. The Labute approximate surface area is 113 Å². The summed E-state index contributed by atoms with van der Waals surface area (Å²) in [5.41, 5.74) is 0. The van der Waals surface area contributed by atoms with Crippen molar-refractivity contribution in [2.24, 2.45) is 5.92 Å². The average molecular weight is 270 g/mol. The van der Waals surface area contributed by atoms with Crippen LogP contribution in [0.2, 0.25) is 0 Å². The van der Waals surface area contributed by atoms with Gasteiger partial charge in [0.15, 0.2) is 0 Å². The molecule has 3 N–H and O–H groups in total. The van der Waals surface area contributed by atoms with Gasteiger partial charge in [-0.2, -0.15) is 0 Å². The topological polar surface area (TPSA) is 89.9 Å². The molecule has 2 unspecified atom stereocenters. The second-order valence-corrected chi connectivity index (χ2v) is 4.74. The van der Waals surface area contributed by atoms with Crippen LogP contribution in [0.4, 0.5) is 4.79 Å². The van der Waals surface area contributed by atoms with Crippen LogP contribution < -0.4 is 5.32 Å². The first-order valence-electron chi connectivity index (χ1n) is 6.60. The fourth-order valence-corrected chi connectivity index (χ4v) is 2.40. The number of aliphatic hydroxyl groups is 1. The number of nitrogens with one attached hydrogen (secondary N) is 1. The number of urea groups is 1. The SMILES string of the molecule is C=CCN(CCO)C(=O)NC1CCCCC1C(=O)O. The van der Waals surface area contributed by atoms with Gasteiger partial charge in [-0.05, 0) is 12.8 Å². The van der Waals surface area contributed by atoms with Crippen molar-refractivity contribution in [2.45, 2.75) is 31.7 Å². The van der Waals surface area contributed by atoms with Gasteiger partial charge in [0.1, 0.15) is 0 Å². The Balaban J connectivity index is 2.61. The summed E-state index contributed by atoms with van der Waals surface area (Å²) in [7, 11) is 0. The van der Waals surface area contributed by atoms with Crippen molar-refractivity contribution < 1.29 is 19.8 Å². The first-order valence-corrected chi connectivity index (χ1v) is 6.60. The summed E-state index contributed by atoms with van der Waals surface area (Å²) in [5, 5.41) is 20.8. The smallest absolute Gasteiger partial charge is 0.317 e. The molecule has 0 aliphatic heterocycles. The monoisotopic (exact) mass is 270 g/mol. The van der Waals surface area contributed by atoms with E-state index in [1.165, 1.54) is 4.90 Å². The summed E-state index contributed by atoms with van der Waals surface area (Å²) >= 11 is 0. The molecule has 0 aromatic carbocycles. The maximum atomic E-state index is 12.0. The minimum absolute atomic E-state index is 0.131. The summed E-state index contributed by atoms with van der Waals surface area (Å²) in [5.74, 6) is -1.38. The van der Waals surface area contributed by atoms with E-state index in [4.69, 9.17) is 10.2 Å². The number of hydrogen-bond donors (Lipinski definition) is 3. The molecular weight excluding hydrogens is 248 g/mol. The predicted molar refractivity (Wildman–Crippen MR) is 70.8 cm³/mol. The lowest BCUT2D eigenvalue weighted by Gasteiger charge is -2.31. The van der Waals surface area contributed by atoms with Crippen LogP contribution in [0.25, 0.3) is 0 Å². The van der Waals surface area contributed by atoms with Crippen LogP contribution in [0.5, 0.6) is 0 Å². The second-order valence-electron chi connectivity index (χ2n) is 4.74. The van der Waals surface area contributed by atoms with Crippen LogP contribution in [0.3, 0.4) is 0 Å². The maximum Gasteiger partial charge on any atom is 0.317 e. The average Bonchev–Trinajstić information content (AvgIpc) is 2.38. The number of carboxylic acid groups (broad SMARTS) is 1. The van der Waals surface area contributed by atoms with Gasteiger partial charge in [-0.1, -0.05) is 18.9 Å². The number of carboxylic acids is 1. The molecule has 0 aromatic heterocycles. The van der Waals surface area contributed by atoms with Crippen molar-refractivity contribution in [3.63, 3.8) is 0 Å². The molecule has 1 saturated carbocycles. The predicted octanol–water partition coefficient (Wildman–Crippen LogP) is 0.820. The molecule has 2 amide bonds. The molecule has 19 heavy (non-hydrogen) atoms. The summed E-state index contributed by atoms with van der Waals surface area (Å²) in [6, 6.07) is -0.670. The lowest BCUT2D eigenvalue weighted by molar-refractivity contribution is -0.143. The third-order valence-corrected chi connectivity index (χ3v) is 3.40. The quantitative estimate of drug-likeness (QED) is 0.623. The molecule has 1 rings (SSSR count). The molecule has 2 atom stereocenters. The van der Waals surface area contributed by atoms with Crippen LogP contribution in [0.15, 0.2) is 12.7 Å². The van der Waals surface area contributed by atoms with Gasteiger partial charge in [0.05, 0.1) is 12.5 Å². The number of carbonyl (C=O) groups excluding carboxylic acids is 1. The Morgan fingerprint density at radius 3 is 2.63 bits per heavy atom. The summed E-state index contributed by atoms with van der Waals surface area (Å²) in [4.78, 5) is 24.6.